The van der Waals surface area contributed by atoms with Crippen molar-refractivity contribution in [3.8, 4) is 0 Å². The van der Waals surface area contributed by atoms with Crippen LogP contribution >= 0.6 is 11.8 Å². The van der Waals surface area contributed by atoms with Gasteiger partial charge in [0.15, 0.2) is 0 Å². The summed E-state index contributed by atoms with van der Waals surface area (Å²) in [5, 5.41) is 8.25. The van der Waals surface area contributed by atoms with E-state index in [1.807, 2.05) is 12.1 Å². The Bertz CT molecular complexity index is 1400. The predicted molar refractivity (Wildman–Crippen MR) is 145 cm³/mol. The average Bonchev–Trinajstić information content (AvgIpc) is 2.93. The lowest BCUT2D eigenvalue weighted by atomic mass is 10.2. The SMILES string of the molecule is O=C(CSc1cccc(NC(=O)/C(=C/c2cccnc2)NC(=O)c2ccccc2)c1)Nc1ccccn1. The molecule has 0 radical (unpaired) electrons. The Kier molecular flexibility index (Phi) is 8.77. The summed E-state index contributed by atoms with van der Waals surface area (Å²) >= 11 is 1.32. The van der Waals surface area contributed by atoms with Gasteiger partial charge in [0.1, 0.15) is 11.5 Å². The lowest BCUT2D eigenvalue weighted by Gasteiger charge is -2.12. The standard InChI is InChI=1S/C28H23N5O3S/c34-26(33-25-13-4-5-15-30-25)19-37-23-12-6-11-22(17-23)31-28(36)24(16-20-8-7-14-29-18-20)32-27(35)21-9-2-1-3-10-21/h1-18H,19H2,(H,31,36)(H,32,35)(H,30,33,34)/b24-16-. The van der Waals surface area contributed by atoms with E-state index in [4.69, 9.17) is 0 Å². The molecule has 184 valence electrons. The molecule has 4 rings (SSSR count). The zero-order valence-electron chi connectivity index (χ0n) is 19.6. The van der Waals surface area contributed by atoms with Gasteiger partial charge in [-0.15, -0.1) is 11.8 Å². The van der Waals surface area contributed by atoms with Crippen LogP contribution in [-0.2, 0) is 9.59 Å². The first-order valence-corrected chi connectivity index (χ1v) is 12.3. The van der Waals surface area contributed by atoms with E-state index in [0.29, 0.717) is 22.6 Å². The zero-order chi connectivity index (χ0) is 25.9. The number of rotatable bonds is 9. The molecule has 0 spiro atoms. The van der Waals surface area contributed by atoms with Gasteiger partial charge in [0.05, 0.1) is 5.75 Å². The number of hydrogen-bond donors (Lipinski definition) is 3. The maximum atomic E-state index is 13.2. The molecule has 0 unspecified atom stereocenters. The zero-order valence-corrected chi connectivity index (χ0v) is 20.4. The maximum absolute atomic E-state index is 13.2. The van der Waals surface area contributed by atoms with Crippen molar-refractivity contribution in [1.29, 1.82) is 0 Å². The van der Waals surface area contributed by atoms with E-state index >= 15 is 0 Å². The molecule has 8 nitrogen and oxygen atoms in total. The van der Waals surface area contributed by atoms with E-state index in [1.54, 1.807) is 97.5 Å². The van der Waals surface area contributed by atoms with Crippen molar-refractivity contribution in [2.24, 2.45) is 0 Å². The quantitative estimate of drug-likeness (QED) is 0.224. The molecule has 37 heavy (non-hydrogen) atoms. The summed E-state index contributed by atoms with van der Waals surface area (Å²) in [6.07, 6.45) is 6.38. The van der Waals surface area contributed by atoms with Gasteiger partial charge in [-0.25, -0.2) is 4.98 Å². The van der Waals surface area contributed by atoms with E-state index in [0.717, 1.165) is 4.90 Å². The number of amides is 3. The number of carbonyl (C=O) groups is 3. The molecule has 3 amide bonds. The first kappa shape index (κ1) is 25.3. The van der Waals surface area contributed by atoms with Crippen LogP contribution in [0.3, 0.4) is 0 Å². The lowest BCUT2D eigenvalue weighted by Crippen LogP contribution is -2.30. The fourth-order valence-corrected chi connectivity index (χ4v) is 3.95. The minimum atomic E-state index is -0.497. The van der Waals surface area contributed by atoms with Gasteiger partial charge >= 0.3 is 0 Å². The smallest absolute Gasteiger partial charge is 0.272 e. The fraction of sp³-hybridized carbons (Fsp3) is 0.0357. The molecule has 2 aromatic heterocycles. The van der Waals surface area contributed by atoms with Gasteiger partial charge in [-0.2, -0.15) is 0 Å². The van der Waals surface area contributed by atoms with Crippen LogP contribution in [0.2, 0.25) is 0 Å². The Hall–Kier alpha value is -4.76. The summed E-state index contributed by atoms with van der Waals surface area (Å²) in [5.74, 6) is -0.437. The van der Waals surface area contributed by atoms with Crippen LogP contribution in [-0.4, -0.2) is 33.4 Å². The third-order valence-corrected chi connectivity index (χ3v) is 5.91. The topological polar surface area (TPSA) is 113 Å². The maximum Gasteiger partial charge on any atom is 0.272 e. The minimum Gasteiger partial charge on any atom is -0.321 e. The van der Waals surface area contributed by atoms with E-state index in [-0.39, 0.29) is 17.4 Å². The second-order valence-electron chi connectivity index (χ2n) is 7.70. The molecule has 0 aliphatic heterocycles. The van der Waals surface area contributed by atoms with Gasteiger partial charge in [-0.1, -0.05) is 36.4 Å². The molecule has 0 bridgehead atoms. The Morgan fingerprint density at radius 1 is 0.838 bits per heavy atom. The van der Waals surface area contributed by atoms with Crippen molar-refractivity contribution in [3.63, 3.8) is 0 Å². The molecule has 2 aromatic carbocycles. The predicted octanol–water partition coefficient (Wildman–Crippen LogP) is 4.62. The number of aromatic nitrogens is 2. The Morgan fingerprint density at radius 2 is 1.68 bits per heavy atom. The highest BCUT2D eigenvalue weighted by Crippen LogP contribution is 2.22. The molecular formula is C28H23N5O3S. The summed E-state index contributed by atoms with van der Waals surface area (Å²) in [6, 6.07) is 24.6. The first-order valence-electron chi connectivity index (χ1n) is 11.3. The molecule has 0 atom stereocenters. The molecule has 3 N–H and O–H groups in total. The van der Waals surface area contributed by atoms with Crippen molar-refractivity contribution in [1.82, 2.24) is 15.3 Å². The Labute approximate surface area is 218 Å². The Morgan fingerprint density at radius 3 is 2.43 bits per heavy atom. The first-order chi connectivity index (χ1) is 18.1. The van der Waals surface area contributed by atoms with Crippen LogP contribution in [0.4, 0.5) is 11.5 Å². The molecule has 0 saturated heterocycles. The summed E-state index contributed by atoms with van der Waals surface area (Å²) in [5.41, 5.74) is 1.67. The van der Waals surface area contributed by atoms with Gasteiger partial charge < -0.3 is 16.0 Å². The average molecular weight is 510 g/mol. The molecular weight excluding hydrogens is 486 g/mol. The number of hydrogen-bond acceptors (Lipinski definition) is 6. The third-order valence-electron chi connectivity index (χ3n) is 4.92. The van der Waals surface area contributed by atoms with E-state index in [2.05, 4.69) is 25.9 Å². The number of benzene rings is 2. The van der Waals surface area contributed by atoms with Gasteiger partial charge in [-0.05, 0) is 60.2 Å². The normalized spacial score (nSPS) is 10.9. The van der Waals surface area contributed by atoms with Crippen LogP contribution in [0.15, 0.2) is 114 Å². The number of nitrogens with one attached hydrogen (secondary N) is 3. The molecule has 0 aliphatic carbocycles. The second-order valence-corrected chi connectivity index (χ2v) is 8.75. The van der Waals surface area contributed by atoms with E-state index in [9.17, 15) is 14.4 Å². The Balaban J connectivity index is 1.44. The van der Waals surface area contributed by atoms with Crippen LogP contribution in [0.1, 0.15) is 15.9 Å². The van der Waals surface area contributed by atoms with Gasteiger partial charge in [0.25, 0.3) is 11.8 Å². The fourth-order valence-electron chi connectivity index (χ4n) is 3.20. The van der Waals surface area contributed by atoms with Crippen LogP contribution in [0.5, 0.6) is 0 Å². The van der Waals surface area contributed by atoms with E-state index in [1.165, 1.54) is 11.8 Å². The van der Waals surface area contributed by atoms with E-state index < -0.39 is 11.8 Å². The lowest BCUT2D eigenvalue weighted by molar-refractivity contribution is -0.114. The summed E-state index contributed by atoms with van der Waals surface area (Å²) in [4.78, 5) is 47.1. The largest absolute Gasteiger partial charge is 0.321 e. The highest BCUT2D eigenvalue weighted by molar-refractivity contribution is 8.00. The third kappa shape index (κ3) is 7.87. The minimum absolute atomic E-state index is 0.0645. The summed E-state index contributed by atoms with van der Waals surface area (Å²) in [6.45, 7) is 0. The van der Waals surface area contributed by atoms with Crippen molar-refractivity contribution < 1.29 is 14.4 Å². The highest BCUT2D eigenvalue weighted by atomic mass is 32.2. The highest BCUT2D eigenvalue weighted by Gasteiger charge is 2.15. The van der Waals surface area contributed by atoms with Gasteiger partial charge in [0, 0.05) is 34.7 Å². The van der Waals surface area contributed by atoms with Crippen molar-refractivity contribution in [2.45, 2.75) is 4.90 Å². The molecule has 9 heteroatoms. The van der Waals surface area contributed by atoms with Crippen LogP contribution in [0, 0.1) is 0 Å². The molecule has 0 saturated carbocycles. The monoisotopic (exact) mass is 509 g/mol. The number of thioether (sulfide) groups is 1. The van der Waals surface area contributed by atoms with Crippen molar-refractivity contribution >= 4 is 47.1 Å². The van der Waals surface area contributed by atoms with Crippen LogP contribution < -0.4 is 16.0 Å². The number of anilines is 2. The second kappa shape index (κ2) is 12.8. The van der Waals surface area contributed by atoms with Gasteiger partial charge in [0.2, 0.25) is 5.91 Å². The van der Waals surface area contributed by atoms with Crippen LogP contribution in [0.25, 0.3) is 6.08 Å². The van der Waals surface area contributed by atoms with Crippen molar-refractivity contribution in [3.05, 3.63) is 120 Å². The molecule has 0 fully saturated rings. The molecule has 4 aromatic rings. The summed E-state index contributed by atoms with van der Waals surface area (Å²) in [7, 11) is 0. The van der Waals surface area contributed by atoms with Gasteiger partial charge in [-0.3, -0.25) is 19.4 Å². The number of pyridine rings is 2. The number of nitrogens with zero attached hydrogens (tertiary/aromatic N) is 2. The summed E-state index contributed by atoms with van der Waals surface area (Å²) < 4.78 is 0. The molecule has 0 aliphatic rings. The number of carbonyl (C=O) groups excluding carboxylic acids is 3. The molecule has 2 heterocycles. The van der Waals surface area contributed by atoms with Crippen molar-refractivity contribution in [2.75, 3.05) is 16.4 Å².